The van der Waals surface area contributed by atoms with Gasteiger partial charge in [-0.2, -0.15) is 8.78 Å². The molecular weight excluding hydrogens is 288 g/mol. The molecular formula is C13H17F2NO3S. The summed E-state index contributed by atoms with van der Waals surface area (Å²) >= 11 is 0. The molecule has 1 N–H and O–H groups in total. The number of benzene rings is 1. The van der Waals surface area contributed by atoms with Gasteiger partial charge in [0.15, 0.2) is 0 Å². The summed E-state index contributed by atoms with van der Waals surface area (Å²) in [6, 6.07) is 4.76. The highest BCUT2D eigenvalue weighted by Crippen LogP contribution is 2.32. The molecule has 0 atom stereocenters. The van der Waals surface area contributed by atoms with Crippen LogP contribution >= 0.6 is 0 Å². The molecule has 1 aliphatic heterocycles. The molecule has 1 aliphatic rings. The van der Waals surface area contributed by atoms with Crippen molar-refractivity contribution >= 4 is 16.5 Å². The molecule has 20 heavy (non-hydrogen) atoms. The van der Waals surface area contributed by atoms with E-state index in [4.69, 9.17) is 4.74 Å². The standard InChI is InChI=1S/C13H17F2NO3S/c1-18-10-2-3-12(19-13(14)15)11(8-10)16-9-4-6-20(17)7-5-9/h2-3,8-9,13,16H,4-7H2,1H3. The van der Waals surface area contributed by atoms with Gasteiger partial charge in [0, 0.05) is 34.4 Å². The molecule has 2 rings (SSSR count). The van der Waals surface area contributed by atoms with Gasteiger partial charge in [0.1, 0.15) is 11.5 Å². The molecule has 0 aromatic heterocycles. The number of methoxy groups -OCH3 is 1. The van der Waals surface area contributed by atoms with Crippen molar-refractivity contribution in [2.45, 2.75) is 25.5 Å². The molecule has 0 radical (unpaired) electrons. The van der Waals surface area contributed by atoms with Gasteiger partial charge >= 0.3 is 6.61 Å². The van der Waals surface area contributed by atoms with Crippen molar-refractivity contribution in [3.63, 3.8) is 0 Å². The first-order valence-corrected chi connectivity index (χ1v) is 7.81. The molecule has 1 aromatic carbocycles. The average Bonchev–Trinajstić information content (AvgIpc) is 2.42. The van der Waals surface area contributed by atoms with Crippen molar-refractivity contribution in [3.8, 4) is 11.5 Å². The summed E-state index contributed by atoms with van der Waals surface area (Å²) in [6.07, 6.45) is 1.50. The maximum absolute atomic E-state index is 12.4. The number of nitrogens with one attached hydrogen (secondary N) is 1. The zero-order valence-electron chi connectivity index (χ0n) is 11.1. The van der Waals surface area contributed by atoms with Crippen molar-refractivity contribution < 1.29 is 22.5 Å². The van der Waals surface area contributed by atoms with Crippen molar-refractivity contribution in [1.82, 2.24) is 0 Å². The Morgan fingerprint density at radius 1 is 1.35 bits per heavy atom. The van der Waals surface area contributed by atoms with Gasteiger partial charge in [-0.05, 0) is 25.0 Å². The maximum Gasteiger partial charge on any atom is 0.387 e. The first-order valence-electron chi connectivity index (χ1n) is 6.33. The van der Waals surface area contributed by atoms with Crippen molar-refractivity contribution in [1.29, 1.82) is 0 Å². The van der Waals surface area contributed by atoms with Gasteiger partial charge in [-0.3, -0.25) is 4.21 Å². The lowest BCUT2D eigenvalue weighted by Crippen LogP contribution is -2.29. The molecule has 0 aliphatic carbocycles. The van der Waals surface area contributed by atoms with E-state index in [0.717, 1.165) is 12.8 Å². The third-order valence-electron chi connectivity index (χ3n) is 3.15. The lowest BCUT2D eigenvalue weighted by molar-refractivity contribution is -0.0494. The van der Waals surface area contributed by atoms with Gasteiger partial charge in [0.2, 0.25) is 0 Å². The first-order chi connectivity index (χ1) is 9.58. The third kappa shape index (κ3) is 4.06. The Bertz CT molecular complexity index is 475. The predicted molar refractivity (Wildman–Crippen MR) is 74.1 cm³/mol. The van der Waals surface area contributed by atoms with E-state index >= 15 is 0 Å². The highest BCUT2D eigenvalue weighted by Gasteiger charge is 2.20. The number of halogens is 2. The van der Waals surface area contributed by atoms with Gasteiger partial charge in [0.05, 0.1) is 12.8 Å². The van der Waals surface area contributed by atoms with Crippen LogP contribution in [-0.2, 0) is 10.8 Å². The molecule has 1 fully saturated rings. The minimum absolute atomic E-state index is 0.0903. The van der Waals surface area contributed by atoms with Crippen LogP contribution in [-0.4, -0.2) is 35.5 Å². The summed E-state index contributed by atoms with van der Waals surface area (Å²) in [5, 5.41) is 3.18. The SMILES string of the molecule is COc1ccc(OC(F)F)c(NC2CCS(=O)CC2)c1. The fourth-order valence-electron chi connectivity index (χ4n) is 2.11. The molecule has 4 nitrogen and oxygen atoms in total. The van der Waals surface area contributed by atoms with Crippen molar-refractivity contribution in [2.75, 3.05) is 23.9 Å². The highest BCUT2D eigenvalue weighted by atomic mass is 32.2. The molecule has 112 valence electrons. The van der Waals surface area contributed by atoms with Crippen LogP contribution in [0.1, 0.15) is 12.8 Å². The van der Waals surface area contributed by atoms with Gasteiger partial charge < -0.3 is 14.8 Å². The number of ether oxygens (including phenoxy) is 2. The second-order valence-electron chi connectivity index (χ2n) is 4.51. The molecule has 0 unspecified atom stereocenters. The summed E-state index contributed by atoms with van der Waals surface area (Å²) < 4.78 is 45.7. The number of hydrogen-bond donors (Lipinski definition) is 1. The van der Waals surface area contributed by atoms with Gasteiger partial charge in [-0.25, -0.2) is 0 Å². The number of alkyl halides is 2. The summed E-state index contributed by atoms with van der Waals surface area (Å²) in [6.45, 7) is -2.87. The van der Waals surface area contributed by atoms with E-state index in [9.17, 15) is 13.0 Å². The molecule has 1 heterocycles. The molecule has 7 heteroatoms. The quantitative estimate of drug-likeness (QED) is 0.908. The van der Waals surface area contributed by atoms with E-state index in [2.05, 4.69) is 10.1 Å². The largest absolute Gasteiger partial charge is 0.497 e. The first kappa shape index (κ1) is 15.0. The van der Waals surface area contributed by atoms with E-state index < -0.39 is 17.4 Å². The Labute approximate surface area is 118 Å². The summed E-state index contributed by atoms with van der Waals surface area (Å²) in [7, 11) is 0.755. The Morgan fingerprint density at radius 2 is 2.05 bits per heavy atom. The fraction of sp³-hybridized carbons (Fsp3) is 0.538. The molecule has 1 aromatic rings. The van der Waals surface area contributed by atoms with E-state index in [-0.39, 0.29) is 11.8 Å². The zero-order valence-corrected chi connectivity index (χ0v) is 11.9. The van der Waals surface area contributed by atoms with Gasteiger partial charge in [-0.15, -0.1) is 0 Å². The molecule has 0 saturated carbocycles. The lowest BCUT2D eigenvalue weighted by atomic mass is 10.1. The van der Waals surface area contributed by atoms with E-state index in [1.54, 1.807) is 12.1 Å². The Kier molecular flexibility index (Phi) is 5.17. The van der Waals surface area contributed by atoms with Crippen LogP contribution in [0.25, 0.3) is 0 Å². The van der Waals surface area contributed by atoms with Crippen LogP contribution in [0.3, 0.4) is 0 Å². The van der Waals surface area contributed by atoms with Crippen LogP contribution in [0, 0.1) is 0 Å². The van der Waals surface area contributed by atoms with E-state index in [1.807, 2.05) is 0 Å². The number of hydrogen-bond acceptors (Lipinski definition) is 4. The summed E-state index contributed by atoms with van der Waals surface area (Å²) in [4.78, 5) is 0. The van der Waals surface area contributed by atoms with Gasteiger partial charge in [-0.1, -0.05) is 0 Å². The monoisotopic (exact) mass is 305 g/mol. The molecule has 1 saturated heterocycles. The zero-order chi connectivity index (χ0) is 14.5. The van der Waals surface area contributed by atoms with Crippen LogP contribution in [0.4, 0.5) is 14.5 Å². The van der Waals surface area contributed by atoms with Crippen LogP contribution < -0.4 is 14.8 Å². The Hall–Kier alpha value is -1.37. The second-order valence-corrected chi connectivity index (χ2v) is 6.20. The minimum atomic E-state index is -2.87. The topological polar surface area (TPSA) is 47.6 Å². The minimum Gasteiger partial charge on any atom is -0.497 e. The van der Waals surface area contributed by atoms with Crippen LogP contribution in [0.15, 0.2) is 18.2 Å². The molecule has 0 bridgehead atoms. The van der Waals surface area contributed by atoms with Crippen LogP contribution in [0.5, 0.6) is 11.5 Å². The number of rotatable bonds is 5. The second kappa shape index (κ2) is 6.88. The van der Waals surface area contributed by atoms with Gasteiger partial charge in [0.25, 0.3) is 0 Å². The third-order valence-corrected chi connectivity index (χ3v) is 4.53. The predicted octanol–water partition coefficient (Wildman–Crippen LogP) is 2.62. The lowest BCUT2D eigenvalue weighted by Gasteiger charge is -2.25. The summed E-state index contributed by atoms with van der Waals surface area (Å²) in [5.41, 5.74) is 0.474. The summed E-state index contributed by atoms with van der Waals surface area (Å²) in [5.74, 6) is 1.92. The maximum atomic E-state index is 12.4. The average molecular weight is 305 g/mol. The van der Waals surface area contributed by atoms with Crippen molar-refractivity contribution in [3.05, 3.63) is 18.2 Å². The Balaban J connectivity index is 2.12. The molecule has 0 amide bonds. The van der Waals surface area contributed by atoms with E-state index in [1.165, 1.54) is 13.2 Å². The molecule has 0 spiro atoms. The highest BCUT2D eigenvalue weighted by molar-refractivity contribution is 7.85. The fourth-order valence-corrected chi connectivity index (χ4v) is 3.40. The van der Waals surface area contributed by atoms with E-state index in [0.29, 0.717) is 22.9 Å². The van der Waals surface area contributed by atoms with Crippen LogP contribution in [0.2, 0.25) is 0 Å². The number of anilines is 1. The normalized spacial score (nSPS) is 22.6. The Morgan fingerprint density at radius 3 is 2.65 bits per heavy atom. The smallest absolute Gasteiger partial charge is 0.387 e. The van der Waals surface area contributed by atoms with Crippen molar-refractivity contribution in [2.24, 2.45) is 0 Å².